The van der Waals surface area contributed by atoms with Crippen molar-refractivity contribution in [2.75, 3.05) is 10.6 Å². The number of aromatic nitrogens is 2. The van der Waals surface area contributed by atoms with Crippen molar-refractivity contribution in [1.82, 2.24) is 9.78 Å². The molecule has 0 aliphatic heterocycles. The third-order valence-corrected chi connectivity index (χ3v) is 3.76. The molecule has 2 amide bonds. The predicted octanol–water partition coefficient (Wildman–Crippen LogP) is 3.35. The number of carbonyl (C=O) groups is 2. The molecular weight excluding hydrogens is 332 g/mol. The zero-order chi connectivity index (χ0) is 18.7. The Labute approximate surface area is 151 Å². The molecule has 134 valence electrons. The van der Waals surface area contributed by atoms with Gasteiger partial charge in [-0.15, -0.1) is 0 Å². The van der Waals surface area contributed by atoms with Crippen molar-refractivity contribution >= 4 is 23.2 Å². The van der Waals surface area contributed by atoms with Gasteiger partial charge in [-0.3, -0.25) is 14.3 Å². The molecule has 7 nitrogen and oxygen atoms in total. The summed E-state index contributed by atoms with van der Waals surface area (Å²) >= 11 is 0. The molecule has 3 aromatic rings. The van der Waals surface area contributed by atoms with Crippen molar-refractivity contribution in [2.24, 2.45) is 0 Å². The maximum absolute atomic E-state index is 12.3. The average molecular weight is 352 g/mol. The molecule has 0 unspecified atom stereocenters. The fourth-order valence-electron chi connectivity index (χ4n) is 2.60. The third-order valence-electron chi connectivity index (χ3n) is 3.76. The molecule has 0 radical (unpaired) electrons. The smallest absolute Gasteiger partial charge is 0.291 e. The van der Waals surface area contributed by atoms with Gasteiger partial charge in [-0.2, -0.15) is 5.10 Å². The molecule has 2 N–H and O–H groups in total. The van der Waals surface area contributed by atoms with Gasteiger partial charge in [0.15, 0.2) is 5.76 Å². The summed E-state index contributed by atoms with van der Waals surface area (Å²) < 4.78 is 7.46. The number of nitrogens with zero attached hydrogens (tertiary/aromatic N) is 2. The van der Waals surface area contributed by atoms with Crippen LogP contribution in [-0.4, -0.2) is 21.6 Å². The van der Waals surface area contributed by atoms with E-state index in [1.165, 1.54) is 6.92 Å². The van der Waals surface area contributed by atoms with Crippen molar-refractivity contribution in [3.05, 3.63) is 65.4 Å². The summed E-state index contributed by atoms with van der Waals surface area (Å²) in [6, 6.07) is 12.3. The number of amides is 2. The second-order valence-corrected chi connectivity index (χ2v) is 6.06. The lowest BCUT2D eigenvalue weighted by Crippen LogP contribution is -2.11. The summed E-state index contributed by atoms with van der Waals surface area (Å²) in [6.45, 7) is 5.82. The van der Waals surface area contributed by atoms with Gasteiger partial charge < -0.3 is 15.1 Å². The number of anilines is 2. The summed E-state index contributed by atoms with van der Waals surface area (Å²) in [5, 5.41) is 9.82. The quantitative estimate of drug-likeness (QED) is 0.737. The van der Waals surface area contributed by atoms with E-state index in [2.05, 4.69) is 15.7 Å². The second-order valence-electron chi connectivity index (χ2n) is 6.06. The fourth-order valence-corrected chi connectivity index (χ4v) is 2.60. The first kappa shape index (κ1) is 17.5. The Morgan fingerprint density at radius 2 is 1.69 bits per heavy atom. The van der Waals surface area contributed by atoms with E-state index < -0.39 is 0 Å². The lowest BCUT2D eigenvalue weighted by Gasteiger charge is -2.06. The molecule has 0 aliphatic carbocycles. The Morgan fingerprint density at radius 3 is 2.27 bits per heavy atom. The van der Waals surface area contributed by atoms with Crippen LogP contribution in [0, 0.1) is 13.8 Å². The molecule has 2 heterocycles. The van der Waals surface area contributed by atoms with Crippen molar-refractivity contribution in [3.63, 3.8) is 0 Å². The minimum absolute atomic E-state index is 0.146. The van der Waals surface area contributed by atoms with Gasteiger partial charge in [0, 0.05) is 24.0 Å². The molecule has 0 atom stereocenters. The Hall–Kier alpha value is -3.35. The minimum Gasteiger partial charge on any atom is -0.454 e. The highest BCUT2D eigenvalue weighted by atomic mass is 16.4. The molecular formula is C19H20N4O3. The van der Waals surface area contributed by atoms with Crippen molar-refractivity contribution in [3.8, 4) is 0 Å². The summed E-state index contributed by atoms with van der Waals surface area (Å²) in [6.07, 6.45) is 0. The van der Waals surface area contributed by atoms with Crippen LogP contribution in [0.5, 0.6) is 0 Å². The number of hydrogen-bond donors (Lipinski definition) is 2. The molecule has 0 saturated heterocycles. The van der Waals surface area contributed by atoms with Gasteiger partial charge in [-0.1, -0.05) is 0 Å². The van der Waals surface area contributed by atoms with E-state index in [1.54, 1.807) is 36.4 Å². The normalized spacial score (nSPS) is 10.6. The van der Waals surface area contributed by atoms with Crippen LogP contribution in [0.1, 0.15) is 34.6 Å². The van der Waals surface area contributed by atoms with Gasteiger partial charge in [-0.05, 0) is 56.3 Å². The molecule has 0 aliphatic rings. The van der Waals surface area contributed by atoms with Gasteiger partial charge in [-0.25, -0.2) is 0 Å². The summed E-state index contributed by atoms with van der Waals surface area (Å²) in [4.78, 5) is 23.3. The van der Waals surface area contributed by atoms with Crippen LogP contribution < -0.4 is 10.6 Å². The molecule has 3 rings (SSSR count). The number of carbonyl (C=O) groups excluding carboxylic acids is 2. The van der Waals surface area contributed by atoms with Crippen molar-refractivity contribution in [1.29, 1.82) is 0 Å². The van der Waals surface area contributed by atoms with E-state index in [9.17, 15) is 9.59 Å². The highest BCUT2D eigenvalue weighted by molar-refractivity contribution is 6.02. The molecule has 26 heavy (non-hydrogen) atoms. The van der Waals surface area contributed by atoms with E-state index in [0.29, 0.717) is 23.7 Å². The van der Waals surface area contributed by atoms with Gasteiger partial charge in [0.25, 0.3) is 5.91 Å². The average Bonchev–Trinajstić information content (AvgIpc) is 3.16. The van der Waals surface area contributed by atoms with Crippen LogP contribution in [0.25, 0.3) is 0 Å². The zero-order valence-electron chi connectivity index (χ0n) is 14.9. The Kier molecular flexibility index (Phi) is 4.88. The predicted molar refractivity (Wildman–Crippen MR) is 98.2 cm³/mol. The number of furan rings is 1. The summed E-state index contributed by atoms with van der Waals surface area (Å²) in [5.41, 5.74) is 3.25. The summed E-state index contributed by atoms with van der Waals surface area (Å²) in [5.74, 6) is 0.402. The number of aryl methyl sites for hydroxylation is 2. The summed E-state index contributed by atoms with van der Waals surface area (Å²) in [7, 11) is 0. The standard InChI is InChI=1S/C19H20N4O3/c1-12-10-13(2)23(22-12)11-17-8-9-18(26-17)19(25)21-16-6-4-15(5-7-16)20-14(3)24/h4-10H,11H2,1-3H3,(H,20,24)(H,21,25). The van der Waals surface area contributed by atoms with Crippen LogP contribution in [0.2, 0.25) is 0 Å². The highest BCUT2D eigenvalue weighted by Crippen LogP contribution is 2.16. The van der Waals surface area contributed by atoms with Crippen LogP contribution in [0.3, 0.4) is 0 Å². The molecule has 2 aromatic heterocycles. The van der Waals surface area contributed by atoms with E-state index >= 15 is 0 Å². The molecule has 1 aromatic carbocycles. The first-order valence-corrected chi connectivity index (χ1v) is 8.19. The van der Waals surface area contributed by atoms with Crippen LogP contribution >= 0.6 is 0 Å². The van der Waals surface area contributed by atoms with Gasteiger partial charge in [0.2, 0.25) is 5.91 Å². The highest BCUT2D eigenvalue weighted by Gasteiger charge is 2.13. The van der Waals surface area contributed by atoms with Gasteiger partial charge in [0.05, 0.1) is 12.2 Å². The molecule has 0 spiro atoms. The van der Waals surface area contributed by atoms with Crippen LogP contribution in [-0.2, 0) is 11.3 Å². The maximum atomic E-state index is 12.3. The van der Waals surface area contributed by atoms with E-state index in [1.807, 2.05) is 24.6 Å². The van der Waals surface area contributed by atoms with Crippen molar-refractivity contribution in [2.45, 2.75) is 27.3 Å². The maximum Gasteiger partial charge on any atom is 0.291 e. The fraction of sp³-hybridized carbons (Fsp3) is 0.211. The van der Waals surface area contributed by atoms with E-state index in [0.717, 1.165) is 11.4 Å². The largest absolute Gasteiger partial charge is 0.454 e. The SMILES string of the molecule is CC(=O)Nc1ccc(NC(=O)c2ccc(Cn3nc(C)cc3C)o2)cc1. The number of rotatable bonds is 5. The van der Waals surface area contributed by atoms with E-state index in [-0.39, 0.29) is 17.6 Å². The van der Waals surface area contributed by atoms with Crippen LogP contribution in [0.15, 0.2) is 46.9 Å². The first-order valence-electron chi connectivity index (χ1n) is 8.19. The number of nitrogens with one attached hydrogen (secondary N) is 2. The lowest BCUT2D eigenvalue weighted by atomic mass is 10.2. The Morgan fingerprint density at radius 1 is 1.04 bits per heavy atom. The van der Waals surface area contributed by atoms with Gasteiger partial charge >= 0.3 is 0 Å². The zero-order valence-corrected chi connectivity index (χ0v) is 14.9. The Bertz CT molecular complexity index is 938. The minimum atomic E-state index is -0.336. The van der Waals surface area contributed by atoms with Crippen molar-refractivity contribution < 1.29 is 14.0 Å². The molecule has 0 fully saturated rings. The molecule has 7 heteroatoms. The monoisotopic (exact) mass is 352 g/mol. The van der Waals surface area contributed by atoms with Gasteiger partial charge in [0.1, 0.15) is 5.76 Å². The Balaban J connectivity index is 1.64. The second kappa shape index (κ2) is 7.26. The first-order chi connectivity index (χ1) is 12.4. The molecule has 0 saturated carbocycles. The third kappa shape index (κ3) is 4.18. The number of hydrogen-bond acceptors (Lipinski definition) is 4. The van der Waals surface area contributed by atoms with E-state index in [4.69, 9.17) is 4.42 Å². The van der Waals surface area contributed by atoms with Crippen LogP contribution in [0.4, 0.5) is 11.4 Å². The topological polar surface area (TPSA) is 89.2 Å². The lowest BCUT2D eigenvalue weighted by molar-refractivity contribution is -0.114. The number of benzene rings is 1. The molecule has 0 bridgehead atoms.